The van der Waals surface area contributed by atoms with Crippen LogP contribution in [0.4, 0.5) is 5.95 Å². The molecule has 1 aromatic heterocycles. The van der Waals surface area contributed by atoms with Crippen molar-refractivity contribution in [2.24, 2.45) is 0 Å². The van der Waals surface area contributed by atoms with Crippen molar-refractivity contribution in [3.05, 3.63) is 47.8 Å². The molecule has 0 aliphatic rings. The summed E-state index contributed by atoms with van der Waals surface area (Å²) in [6.07, 6.45) is 2.76. The second-order valence-corrected chi connectivity index (χ2v) is 3.17. The fourth-order valence-corrected chi connectivity index (χ4v) is 1.39. The largest absolute Gasteiger partial charge is 0.359 e. The Balaban J connectivity index is 2.11. The van der Waals surface area contributed by atoms with Crippen LogP contribution < -0.4 is 5.32 Å². The highest BCUT2D eigenvalue weighted by Gasteiger charge is 1.99. The number of nitrogens with one attached hydrogen (secondary N) is 2. The quantitative estimate of drug-likeness (QED) is 0.772. The third-order valence-corrected chi connectivity index (χ3v) is 2.10. The summed E-state index contributed by atoms with van der Waals surface area (Å²) in [6.45, 7) is 0. The van der Waals surface area contributed by atoms with Crippen molar-refractivity contribution >= 4 is 5.95 Å². The molecule has 72 valence electrons. The number of aromatic nitrogens is 2. The maximum Gasteiger partial charge on any atom is 0.200 e. The van der Waals surface area contributed by atoms with E-state index in [1.165, 1.54) is 5.56 Å². The molecule has 0 saturated carbocycles. The maximum atomic E-state index is 4.16. The second-order valence-electron chi connectivity index (χ2n) is 3.17. The molecule has 3 heteroatoms. The average Bonchev–Trinajstić information content (AvgIpc) is 2.67. The van der Waals surface area contributed by atoms with Gasteiger partial charge in [-0.3, -0.25) is 0 Å². The molecule has 1 aromatic carbocycles. The SMILES string of the molecule is CNc1ncc(Cc2ccccc2)[nH]1. The Morgan fingerprint density at radius 3 is 2.71 bits per heavy atom. The lowest BCUT2D eigenvalue weighted by molar-refractivity contribution is 1.11. The van der Waals surface area contributed by atoms with E-state index in [9.17, 15) is 0 Å². The molecule has 0 atom stereocenters. The van der Waals surface area contributed by atoms with Crippen molar-refractivity contribution < 1.29 is 0 Å². The predicted octanol–water partition coefficient (Wildman–Crippen LogP) is 2.04. The number of hydrogen-bond acceptors (Lipinski definition) is 2. The molecule has 1 heterocycles. The summed E-state index contributed by atoms with van der Waals surface area (Å²) >= 11 is 0. The van der Waals surface area contributed by atoms with Crippen molar-refractivity contribution in [2.45, 2.75) is 6.42 Å². The first-order valence-corrected chi connectivity index (χ1v) is 4.64. The van der Waals surface area contributed by atoms with Crippen molar-refractivity contribution in [3.63, 3.8) is 0 Å². The molecule has 3 nitrogen and oxygen atoms in total. The van der Waals surface area contributed by atoms with Gasteiger partial charge in [-0.2, -0.15) is 0 Å². The minimum absolute atomic E-state index is 0.816. The number of rotatable bonds is 3. The number of hydrogen-bond donors (Lipinski definition) is 2. The van der Waals surface area contributed by atoms with Gasteiger partial charge in [-0.1, -0.05) is 30.3 Å². The Hall–Kier alpha value is -1.77. The molecule has 0 bridgehead atoms. The van der Waals surface area contributed by atoms with Crippen LogP contribution in [0.15, 0.2) is 36.5 Å². The Morgan fingerprint density at radius 2 is 2.07 bits per heavy atom. The highest BCUT2D eigenvalue weighted by atomic mass is 15.1. The minimum atomic E-state index is 0.816. The highest BCUT2D eigenvalue weighted by Crippen LogP contribution is 2.08. The summed E-state index contributed by atoms with van der Waals surface area (Å²) in [5.74, 6) is 0.816. The Kier molecular flexibility index (Phi) is 2.49. The van der Waals surface area contributed by atoms with Crippen LogP contribution >= 0.6 is 0 Å². The minimum Gasteiger partial charge on any atom is -0.359 e. The molecule has 0 radical (unpaired) electrons. The monoisotopic (exact) mass is 187 g/mol. The number of benzene rings is 1. The molecule has 2 N–H and O–H groups in total. The first-order chi connectivity index (χ1) is 6.88. The topological polar surface area (TPSA) is 40.7 Å². The molecule has 0 spiro atoms. The van der Waals surface area contributed by atoms with E-state index in [0.29, 0.717) is 0 Å². The lowest BCUT2D eigenvalue weighted by Crippen LogP contribution is -1.91. The van der Waals surface area contributed by atoms with Crippen LogP contribution in [0.2, 0.25) is 0 Å². The molecular formula is C11H13N3. The normalized spacial score (nSPS) is 10.1. The molecule has 2 aromatic rings. The van der Waals surface area contributed by atoms with Gasteiger partial charge in [-0.25, -0.2) is 4.98 Å². The fourth-order valence-electron chi connectivity index (χ4n) is 1.39. The summed E-state index contributed by atoms with van der Waals surface area (Å²) in [7, 11) is 1.85. The van der Waals surface area contributed by atoms with Crippen molar-refractivity contribution in [2.75, 3.05) is 12.4 Å². The molecule has 0 fully saturated rings. The van der Waals surface area contributed by atoms with E-state index in [4.69, 9.17) is 0 Å². The van der Waals surface area contributed by atoms with Crippen molar-refractivity contribution in [3.8, 4) is 0 Å². The summed E-state index contributed by atoms with van der Waals surface area (Å²) in [5.41, 5.74) is 2.42. The van der Waals surface area contributed by atoms with Gasteiger partial charge in [0.2, 0.25) is 0 Å². The van der Waals surface area contributed by atoms with Gasteiger partial charge in [0, 0.05) is 19.2 Å². The van der Waals surface area contributed by atoms with Gasteiger partial charge in [0.15, 0.2) is 5.95 Å². The number of nitrogens with zero attached hydrogens (tertiary/aromatic N) is 1. The first kappa shape index (κ1) is 8.81. The summed E-state index contributed by atoms with van der Waals surface area (Å²) < 4.78 is 0. The van der Waals surface area contributed by atoms with Gasteiger partial charge in [0.05, 0.1) is 6.20 Å². The van der Waals surface area contributed by atoms with Gasteiger partial charge >= 0.3 is 0 Å². The lowest BCUT2D eigenvalue weighted by atomic mass is 10.1. The van der Waals surface area contributed by atoms with Crippen LogP contribution in [0.1, 0.15) is 11.3 Å². The van der Waals surface area contributed by atoms with Gasteiger partial charge in [0.25, 0.3) is 0 Å². The summed E-state index contributed by atoms with van der Waals surface area (Å²) in [5, 5.41) is 2.97. The Morgan fingerprint density at radius 1 is 1.29 bits per heavy atom. The van der Waals surface area contributed by atoms with Crippen molar-refractivity contribution in [1.29, 1.82) is 0 Å². The Labute approximate surface area is 83.2 Å². The van der Waals surface area contributed by atoms with E-state index >= 15 is 0 Å². The third kappa shape index (κ3) is 1.93. The predicted molar refractivity (Wildman–Crippen MR) is 57.4 cm³/mol. The van der Waals surface area contributed by atoms with Gasteiger partial charge in [-0.15, -0.1) is 0 Å². The van der Waals surface area contributed by atoms with Crippen LogP contribution in [0, 0.1) is 0 Å². The van der Waals surface area contributed by atoms with Crippen LogP contribution in [0.3, 0.4) is 0 Å². The van der Waals surface area contributed by atoms with E-state index in [1.807, 2.05) is 31.4 Å². The second kappa shape index (κ2) is 3.96. The lowest BCUT2D eigenvalue weighted by Gasteiger charge is -1.97. The number of imidazole rings is 1. The van der Waals surface area contributed by atoms with Crippen LogP contribution in [0.5, 0.6) is 0 Å². The van der Waals surface area contributed by atoms with Crippen LogP contribution in [-0.2, 0) is 6.42 Å². The zero-order valence-electron chi connectivity index (χ0n) is 8.12. The average molecular weight is 187 g/mol. The highest BCUT2D eigenvalue weighted by molar-refractivity contribution is 5.28. The molecule has 0 amide bonds. The smallest absolute Gasteiger partial charge is 0.200 e. The summed E-state index contributed by atoms with van der Waals surface area (Å²) in [6, 6.07) is 10.3. The standard InChI is InChI=1S/C11H13N3/c1-12-11-13-8-10(14-11)7-9-5-3-2-4-6-9/h2-6,8H,7H2,1H3,(H2,12,13,14). The number of aromatic amines is 1. The molecule has 0 aliphatic carbocycles. The van der Waals surface area contributed by atoms with E-state index in [0.717, 1.165) is 18.1 Å². The first-order valence-electron chi connectivity index (χ1n) is 4.64. The number of H-pyrrole nitrogens is 1. The van der Waals surface area contributed by atoms with E-state index < -0.39 is 0 Å². The van der Waals surface area contributed by atoms with Gasteiger partial charge in [0.1, 0.15) is 0 Å². The van der Waals surface area contributed by atoms with E-state index in [1.54, 1.807) is 0 Å². The molecular weight excluding hydrogens is 174 g/mol. The zero-order valence-corrected chi connectivity index (χ0v) is 8.12. The maximum absolute atomic E-state index is 4.16. The van der Waals surface area contributed by atoms with Gasteiger partial charge < -0.3 is 10.3 Å². The zero-order chi connectivity index (χ0) is 9.80. The number of anilines is 1. The van der Waals surface area contributed by atoms with E-state index in [-0.39, 0.29) is 0 Å². The third-order valence-electron chi connectivity index (χ3n) is 2.10. The van der Waals surface area contributed by atoms with Gasteiger partial charge in [-0.05, 0) is 5.56 Å². The van der Waals surface area contributed by atoms with E-state index in [2.05, 4.69) is 27.4 Å². The fraction of sp³-hybridized carbons (Fsp3) is 0.182. The molecule has 0 unspecified atom stereocenters. The summed E-state index contributed by atoms with van der Waals surface area (Å²) in [4.78, 5) is 7.35. The van der Waals surface area contributed by atoms with Crippen LogP contribution in [-0.4, -0.2) is 17.0 Å². The Bertz CT molecular complexity index is 392. The molecule has 14 heavy (non-hydrogen) atoms. The van der Waals surface area contributed by atoms with Crippen LogP contribution in [0.25, 0.3) is 0 Å². The molecule has 2 rings (SSSR count). The molecule has 0 aliphatic heterocycles. The van der Waals surface area contributed by atoms with Crippen molar-refractivity contribution in [1.82, 2.24) is 9.97 Å². The molecule has 0 saturated heterocycles.